The smallest absolute Gasteiger partial charge is 0.234 e. The number of hydrogen-bond donors (Lipinski definition) is 1. The molecule has 0 saturated carbocycles. The highest BCUT2D eigenvalue weighted by Gasteiger charge is 2.17. The molecule has 3 aromatic rings. The van der Waals surface area contributed by atoms with Gasteiger partial charge in [0, 0.05) is 18.2 Å². The topological polar surface area (TPSA) is 59.8 Å². The highest BCUT2D eigenvalue weighted by molar-refractivity contribution is 7.99. The molecule has 0 atom stereocenters. The van der Waals surface area contributed by atoms with Gasteiger partial charge in [-0.3, -0.25) is 9.36 Å². The molecule has 1 aromatic heterocycles. The van der Waals surface area contributed by atoms with Crippen molar-refractivity contribution in [1.82, 2.24) is 14.8 Å². The fourth-order valence-corrected chi connectivity index (χ4v) is 3.68. The van der Waals surface area contributed by atoms with Gasteiger partial charge in [0.15, 0.2) is 11.0 Å². The normalized spacial score (nSPS) is 11.4. The van der Waals surface area contributed by atoms with Crippen LogP contribution in [0.5, 0.6) is 0 Å². The average molecular weight is 443 g/mol. The first kappa shape index (κ1) is 22.7. The molecule has 31 heavy (non-hydrogen) atoms. The molecule has 0 aliphatic rings. The third-order valence-corrected chi connectivity index (χ3v) is 5.54. The van der Waals surface area contributed by atoms with Crippen LogP contribution in [0.15, 0.2) is 60.3 Å². The van der Waals surface area contributed by atoms with Gasteiger partial charge in [-0.25, -0.2) is 8.78 Å². The molecule has 0 bridgehead atoms. The van der Waals surface area contributed by atoms with E-state index in [-0.39, 0.29) is 16.9 Å². The molecule has 0 radical (unpaired) electrons. The SMILES string of the molecule is C=CCn1c(SCC(=O)Nc2ccc(F)cc2F)nnc1-c1ccc(C(C)(C)C)cc1. The maximum Gasteiger partial charge on any atom is 0.234 e. The minimum Gasteiger partial charge on any atom is -0.323 e. The van der Waals surface area contributed by atoms with Crippen LogP contribution in [0, 0.1) is 11.6 Å². The van der Waals surface area contributed by atoms with E-state index in [2.05, 4.69) is 55.0 Å². The van der Waals surface area contributed by atoms with Crippen molar-refractivity contribution >= 4 is 23.4 Å². The zero-order valence-corrected chi connectivity index (χ0v) is 18.5. The van der Waals surface area contributed by atoms with Crippen LogP contribution >= 0.6 is 11.8 Å². The summed E-state index contributed by atoms with van der Waals surface area (Å²) in [5.74, 6) is -1.29. The lowest BCUT2D eigenvalue weighted by molar-refractivity contribution is -0.113. The van der Waals surface area contributed by atoms with Crippen LogP contribution in [0.2, 0.25) is 0 Å². The first-order valence-corrected chi connectivity index (χ1v) is 10.7. The summed E-state index contributed by atoms with van der Waals surface area (Å²) in [6.45, 7) is 10.7. The molecule has 0 unspecified atom stereocenters. The molecule has 1 N–H and O–H groups in total. The second-order valence-electron chi connectivity index (χ2n) is 7.99. The maximum atomic E-state index is 13.7. The van der Waals surface area contributed by atoms with Crippen molar-refractivity contribution in [1.29, 1.82) is 0 Å². The van der Waals surface area contributed by atoms with Crippen LogP contribution in [0.25, 0.3) is 11.4 Å². The Kier molecular flexibility index (Phi) is 6.90. The number of rotatable bonds is 7. The van der Waals surface area contributed by atoms with Crippen molar-refractivity contribution in [3.8, 4) is 11.4 Å². The Morgan fingerprint density at radius 2 is 1.87 bits per heavy atom. The van der Waals surface area contributed by atoms with Crippen LogP contribution in [0.3, 0.4) is 0 Å². The predicted octanol–water partition coefficient (Wildman–Crippen LogP) is 5.44. The van der Waals surface area contributed by atoms with E-state index >= 15 is 0 Å². The third kappa shape index (κ3) is 5.58. The number of allylic oxidation sites excluding steroid dienone is 1. The molecule has 1 amide bonds. The zero-order chi connectivity index (χ0) is 22.6. The molecular weight excluding hydrogens is 418 g/mol. The summed E-state index contributed by atoms with van der Waals surface area (Å²) in [5, 5.41) is 11.5. The Labute approximate surface area is 184 Å². The summed E-state index contributed by atoms with van der Waals surface area (Å²) in [6.07, 6.45) is 1.73. The fourth-order valence-electron chi connectivity index (χ4n) is 2.93. The second kappa shape index (κ2) is 9.43. The highest BCUT2D eigenvalue weighted by atomic mass is 32.2. The van der Waals surface area contributed by atoms with Crippen molar-refractivity contribution in [2.45, 2.75) is 37.9 Å². The number of carbonyl (C=O) groups excluding carboxylic acids is 1. The van der Waals surface area contributed by atoms with E-state index in [0.29, 0.717) is 17.5 Å². The molecule has 0 saturated heterocycles. The molecule has 1 heterocycles. The molecule has 2 aromatic carbocycles. The lowest BCUT2D eigenvalue weighted by atomic mass is 9.87. The third-order valence-electron chi connectivity index (χ3n) is 4.58. The summed E-state index contributed by atoms with van der Waals surface area (Å²) < 4.78 is 28.6. The average Bonchev–Trinajstić information content (AvgIpc) is 3.11. The molecule has 162 valence electrons. The van der Waals surface area contributed by atoms with Crippen LogP contribution in [-0.4, -0.2) is 26.4 Å². The number of carbonyl (C=O) groups is 1. The Morgan fingerprint density at radius 3 is 2.48 bits per heavy atom. The quantitative estimate of drug-likeness (QED) is 0.391. The van der Waals surface area contributed by atoms with E-state index in [1.807, 2.05) is 16.7 Å². The number of nitrogens with zero attached hydrogens (tertiary/aromatic N) is 3. The first-order chi connectivity index (χ1) is 14.7. The molecule has 0 aliphatic heterocycles. The summed E-state index contributed by atoms with van der Waals surface area (Å²) in [6, 6.07) is 11.1. The molecule has 3 rings (SSSR count). The Hall–Kier alpha value is -3.00. The van der Waals surface area contributed by atoms with E-state index < -0.39 is 17.5 Å². The van der Waals surface area contributed by atoms with Crippen LogP contribution in [0.1, 0.15) is 26.3 Å². The number of hydrogen-bond acceptors (Lipinski definition) is 4. The lowest BCUT2D eigenvalue weighted by Crippen LogP contribution is -2.15. The Bertz CT molecular complexity index is 1090. The molecular formula is C23H24F2N4OS. The largest absolute Gasteiger partial charge is 0.323 e. The minimum atomic E-state index is -0.825. The molecule has 0 fully saturated rings. The van der Waals surface area contributed by atoms with Gasteiger partial charge in [-0.2, -0.15) is 0 Å². The maximum absolute atomic E-state index is 13.7. The first-order valence-electron chi connectivity index (χ1n) is 9.71. The molecule has 0 aliphatic carbocycles. The van der Waals surface area contributed by atoms with Gasteiger partial charge in [-0.15, -0.1) is 16.8 Å². The molecule has 5 nitrogen and oxygen atoms in total. The van der Waals surface area contributed by atoms with Gasteiger partial charge in [0.05, 0.1) is 11.4 Å². The van der Waals surface area contributed by atoms with Gasteiger partial charge in [0.2, 0.25) is 5.91 Å². The monoisotopic (exact) mass is 442 g/mol. The van der Waals surface area contributed by atoms with E-state index in [4.69, 9.17) is 0 Å². The number of amides is 1. The van der Waals surface area contributed by atoms with Gasteiger partial charge in [0.1, 0.15) is 11.6 Å². The van der Waals surface area contributed by atoms with Gasteiger partial charge in [-0.1, -0.05) is 62.9 Å². The van der Waals surface area contributed by atoms with Crippen LogP contribution in [-0.2, 0) is 16.8 Å². The summed E-state index contributed by atoms with van der Waals surface area (Å²) in [5.41, 5.74) is 2.10. The summed E-state index contributed by atoms with van der Waals surface area (Å²) in [4.78, 5) is 12.2. The van der Waals surface area contributed by atoms with Gasteiger partial charge < -0.3 is 5.32 Å². The lowest BCUT2D eigenvalue weighted by Gasteiger charge is -2.19. The van der Waals surface area contributed by atoms with Gasteiger partial charge in [0.25, 0.3) is 0 Å². The second-order valence-corrected chi connectivity index (χ2v) is 8.94. The van der Waals surface area contributed by atoms with Crippen molar-refractivity contribution in [3.05, 3.63) is 72.3 Å². The van der Waals surface area contributed by atoms with E-state index in [1.54, 1.807) is 6.08 Å². The van der Waals surface area contributed by atoms with E-state index in [9.17, 15) is 13.6 Å². The van der Waals surface area contributed by atoms with E-state index in [1.165, 1.54) is 23.4 Å². The van der Waals surface area contributed by atoms with Crippen LogP contribution < -0.4 is 5.32 Å². The van der Waals surface area contributed by atoms with Crippen LogP contribution in [0.4, 0.5) is 14.5 Å². The van der Waals surface area contributed by atoms with Crippen molar-refractivity contribution in [2.75, 3.05) is 11.1 Å². The summed E-state index contributed by atoms with van der Waals surface area (Å²) in [7, 11) is 0. The number of anilines is 1. The number of thioether (sulfide) groups is 1. The zero-order valence-electron chi connectivity index (χ0n) is 17.7. The molecule has 0 spiro atoms. The van der Waals surface area contributed by atoms with Crippen molar-refractivity contribution < 1.29 is 13.6 Å². The predicted molar refractivity (Wildman–Crippen MR) is 120 cm³/mol. The fraction of sp³-hybridized carbons (Fsp3) is 0.261. The summed E-state index contributed by atoms with van der Waals surface area (Å²) >= 11 is 1.18. The number of aromatic nitrogens is 3. The Morgan fingerprint density at radius 1 is 1.16 bits per heavy atom. The van der Waals surface area contributed by atoms with Gasteiger partial charge in [-0.05, 0) is 23.1 Å². The van der Waals surface area contributed by atoms with E-state index in [0.717, 1.165) is 17.7 Å². The molecule has 8 heteroatoms. The Balaban J connectivity index is 1.74. The number of nitrogens with one attached hydrogen (secondary N) is 1. The standard InChI is InChI=1S/C23H24F2N4OS/c1-5-12-29-21(15-6-8-16(9-7-15)23(2,3)4)27-28-22(29)31-14-20(30)26-19-11-10-17(24)13-18(19)25/h5-11,13H,1,12,14H2,2-4H3,(H,26,30). The van der Waals surface area contributed by atoms with Crippen molar-refractivity contribution in [3.63, 3.8) is 0 Å². The number of benzene rings is 2. The number of halogens is 2. The minimum absolute atomic E-state index is 0.00491. The highest BCUT2D eigenvalue weighted by Crippen LogP contribution is 2.28. The van der Waals surface area contributed by atoms with Crippen molar-refractivity contribution in [2.24, 2.45) is 0 Å². The van der Waals surface area contributed by atoms with Gasteiger partial charge >= 0.3 is 0 Å².